The van der Waals surface area contributed by atoms with Crippen molar-refractivity contribution in [3.8, 4) is 0 Å². The van der Waals surface area contributed by atoms with Crippen LogP contribution in [0.2, 0.25) is 0 Å². The Balaban J connectivity index is 3.97. The van der Waals surface area contributed by atoms with Gasteiger partial charge in [-0.05, 0) is 11.3 Å². The van der Waals surface area contributed by atoms with Crippen molar-refractivity contribution < 1.29 is 5.11 Å². The van der Waals surface area contributed by atoms with Crippen molar-refractivity contribution in [2.45, 2.75) is 40.5 Å². The van der Waals surface area contributed by atoms with Crippen LogP contribution in [0.5, 0.6) is 0 Å². The third kappa shape index (κ3) is 2.30. The number of rotatable bonds is 4. The molecule has 0 spiro atoms. The fourth-order valence-electron chi connectivity index (χ4n) is 1.22. The maximum atomic E-state index is 8.99. The molecule has 62 valence electrons. The van der Waals surface area contributed by atoms with Gasteiger partial charge in [0.2, 0.25) is 0 Å². The van der Waals surface area contributed by atoms with Crippen LogP contribution in [-0.2, 0) is 0 Å². The first-order valence-corrected chi connectivity index (χ1v) is 4.19. The highest BCUT2D eigenvalue weighted by molar-refractivity contribution is 4.74. The van der Waals surface area contributed by atoms with E-state index in [0.29, 0.717) is 17.9 Å². The molecule has 0 saturated heterocycles. The van der Waals surface area contributed by atoms with Gasteiger partial charge in [0, 0.05) is 6.61 Å². The van der Waals surface area contributed by atoms with E-state index in [1.54, 1.807) is 0 Å². The molecule has 0 aromatic heterocycles. The van der Waals surface area contributed by atoms with Crippen LogP contribution in [0.15, 0.2) is 0 Å². The van der Waals surface area contributed by atoms with Gasteiger partial charge in [-0.3, -0.25) is 0 Å². The van der Waals surface area contributed by atoms with E-state index in [-0.39, 0.29) is 0 Å². The summed E-state index contributed by atoms with van der Waals surface area (Å²) >= 11 is 0. The minimum atomic E-state index is 0.309. The van der Waals surface area contributed by atoms with Crippen molar-refractivity contribution in [1.82, 2.24) is 0 Å². The van der Waals surface area contributed by atoms with E-state index >= 15 is 0 Å². The zero-order chi connectivity index (χ0) is 8.20. The molecule has 0 aliphatic carbocycles. The molecule has 1 heteroatoms. The van der Waals surface area contributed by atoms with E-state index in [4.69, 9.17) is 5.11 Å². The second kappa shape index (κ2) is 3.97. The van der Waals surface area contributed by atoms with Crippen LogP contribution in [0.25, 0.3) is 0 Å². The largest absolute Gasteiger partial charge is 0.396 e. The minimum absolute atomic E-state index is 0.309. The smallest absolute Gasteiger partial charge is 0.0464 e. The molecule has 0 bridgehead atoms. The molecule has 0 aromatic rings. The number of aliphatic hydroxyl groups excluding tert-OH is 1. The predicted octanol–water partition coefficient (Wildman–Crippen LogP) is 2.44. The highest BCUT2D eigenvalue weighted by atomic mass is 16.3. The zero-order valence-corrected chi connectivity index (χ0v) is 7.65. The molecular weight excluding hydrogens is 124 g/mol. The Kier molecular flexibility index (Phi) is 3.95. The molecule has 0 aliphatic heterocycles. The van der Waals surface area contributed by atoms with Gasteiger partial charge in [0.25, 0.3) is 0 Å². The molecule has 1 N–H and O–H groups in total. The maximum Gasteiger partial charge on any atom is 0.0464 e. The Labute approximate surface area is 64.5 Å². The molecule has 0 aromatic carbocycles. The first-order valence-electron chi connectivity index (χ1n) is 4.19. The van der Waals surface area contributed by atoms with Crippen LogP contribution in [0.3, 0.4) is 0 Å². The quantitative estimate of drug-likeness (QED) is 0.642. The molecule has 0 rings (SSSR count). The molecule has 0 radical (unpaired) electrons. The van der Waals surface area contributed by atoms with Crippen molar-refractivity contribution in [3.63, 3.8) is 0 Å². The summed E-state index contributed by atoms with van der Waals surface area (Å²) < 4.78 is 0. The summed E-state index contributed by atoms with van der Waals surface area (Å²) in [7, 11) is 0. The molecule has 0 aliphatic rings. The average molecular weight is 144 g/mol. The third-order valence-corrected chi connectivity index (χ3v) is 2.73. The lowest BCUT2D eigenvalue weighted by atomic mass is 9.76. The van der Waals surface area contributed by atoms with Crippen LogP contribution in [0, 0.1) is 11.3 Å². The summed E-state index contributed by atoms with van der Waals surface area (Å²) in [4.78, 5) is 0. The molecule has 1 atom stereocenters. The second-order valence-electron chi connectivity index (χ2n) is 3.63. The summed E-state index contributed by atoms with van der Waals surface area (Å²) in [5, 5.41) is 8.99. The van der Waals surface area contributed by atoms with Crippen LogP contribution in [0.1, 0.15) is 40.5 Å². The monoisotopic (exact) mass is 144 g/mol. The molecule has 0 amide bonds. The standard InChI is InChI=1S/C9H20O/c1-5-8(7-10)9(3,4)6-2/h8,10H,5-7H2,1-4H3. The van der Waals surface area contributed by atoms with Crippen molar-refractivity contribution in [2.24, 2.45) is 11.3 Å². The first-order chi connectivity index (χ1) is 4.58. The molecule has 1 unspecified atom stereocenters. The van der Waals surface area contributed by atoms with E-state index in [1.807, 2.05) is 0 Å². The first kappa shape index (κ1) is 9.96. The third-order valence-electron chi connectivity index (χ3n) is 2.73. The lowest BCUT2D eigenvalue weighted by molar-refractivity contribution is 0.110. The Morgan fingerprint density at radius 1 is 1.30 bits per heavy atom. The van der Waals surface area contributed by atoms with Gasteiger partial charge < -0.3 is 5.11 Å². The second-order valence-corrected chi connectivity index (χ2v) is 3.63. The van der Waals surface area contributed by atoms with Gasteiger partial charge in [0.15, 0.2) is 0 Å². The zero-order valence-electron chi connectivity index (χ0n) is 7.65. The van der Waals surface area contributed by atoms with E-state index in [9.17, 15) is 0 Å². The van der Waals surface area contributed by atoms with Crippen LogP contribution >= 0.6 is 0 Å². The van der Waals surface area contributed by atoms with Gasteiger partial charge in [-0.15, -0.1) is 0 Å². The number of aliphatic hydroxyl groups is 1. The summed E-state index contributed by atoms with van der Waals surface area (Å²) in [6, 6.07) is 0. The molecule has 1 nitrogen and oxygen atoms in total. The van der Waals surface area contributed by atoms with Crippen molar-refractivity contribution in [1.29, 1.82) is 0 Å². The van der Waals surface area contributed by atoms with E-state index in [1.165, 1.54) is 0 Å². The predicted molar refractivity (Wildman–Crippen MR) is 44.9 cm³/mol. The van der Waals surface area contributed by atoms with Gasteiger partial charge in [0.05, 0.1) is 0 Å². The fraction of sp³-hybridized carbons (Fsp3) is 1.00. The number of hydrogen-bond acceptors (Lipinski definition) is 1. The highest BCUT2D eigenvalue weighted by Gasteiger charge is 2.24. The van der Waals surface area contributed by atoms with Crippen molar-refractivity contribution in [3.05, 3.63) is 0 Å². The van der Waals surface area contributed by atoms with E-state index in [0.717, 1.165) is 12.8 Å². The van der Waals surface area contributed by atoms with Gasteiger partial charge in [-0.25, -0.2) is 0 Å². The van der Waals surface area contributed by atoms with Gasteiger partial charge in [-0.1, -0.05) is 40.5 Å². The maximum absolute atomic E-state index is 8.99. The lowest BCUT2D eigenvalue weighted by Crippen LogP contribution is -2.25. The van der Waals surface area contributed by atoms with Gasteiger partial charge >= 0.3 is 0 Å². The van der Waals surface area contributed by atoms with Gasteiger partial charge in [-0.2, -0.15) is 0 Å². The Morgan fingerprint density at radius 3 is 1.90 bits per heavy atom. The fourth-order valence-corrected chi connectivity index (χ4v) is 1.22. The lowest BCUT2D eigenvalue weighted by Gasteiger charge is -2.31. The summed E-state index contributed by atoms with van der Waals surface area (Å²) in [5.74, 6) is 0.470. The minimum Gasteiger partial charge on any atom is -0.396 e. The van der Waals surface area contributed by atoms with Crippen LogP contribution in [-0.4, -0.2) is 11.7 Å². The van der Waals surface area contributed by atoms with Crippen LogP contribution in [0.4, 0.5) is 0 Å². The summed E-state index contributed by atoms with van der Waals surface area (Å²) in [5.41, 5.74) is 0.309. The Bertz CT molecular complexity index is 82.7. The molecule has 0 fully saturated rings. The topological polar surface area (TPSA) is 20.2 Å². The van der Waals surface area contributed by atoms with Crippen LogP contribution < -0.4 is 0 Å². The SMILES string of the molecule is CCC(CO)C(C)(C)CC. The van der Waals surface area contributed by atoms with E-state index in [2.05, 4.69) is 27.7 Å². The van der Waals surface area contributed by atoms with Crippen molar-refractivity contribution in [2.75, 3.05) is 6.61 Å². The highest BCUT2D eigenvalue weighted by Crippen LogP contribution is 2.31. The van der Waals surface area contributed by atoms with E-state index < -0.39 is 0 Å². The molecule has 0 heterocycles. The normalized spacial score (nSPS) is 15.3. The number of hydrogen-bond donors (Lipinski definition) is 1. The Hall–Kier alpha value is -0.0400. The summed E-state index contributed by atoms with van der Waals surface area (Å²) in [6.07, 6.45) is 2.23. The van der Waals surface area contributed by atoms with Crippen molar-refractivity contribution >= 4 is 0 Å². The van der Waals surface area contributed by atoms with Gasteiger partial charge in [0.1, 0.15) is 0 Å². The summed E-state index contributed by atoms with van der Waals surface area (Å²) in [6.45, 7) is 9.09. The molecule has 0 saturated carbocycles. The Morgan fingerprint density at radius 2 is 1.80 bits per heavy atom. The molecule has 10 heavy (non-hydrogen) atoms. The average Bonchev–Trinajstić information content (AvgIpc) is 1.90. The molecular formula is C9H20O.